The normalized spacial score (nSPS) is 9.13. The summed E-state index contributed by atoms with van der Waals surface area (Å²) in [6.45, 7) is 2.18. The number of hydrogen-bond donors (Lipinski definition) is 0. The van der Waals surface area contributed by atoms with Gasteiger partial charge in [-0.3, -0.25) is 4.79 Å². The summed E-state index contributed by atoms with van der Waals surface area (Å²) in [5, 5.41) is 0. The van der Waals surface area contributed by atoms with Crippen molar-refractivity contribution in [3.63, 3.8) is 0 Å². The average Bonchev–Trinajstić information content (AvgIpc) is 2.29. The number of hydrogen-bond acceptors (Lipinski definition) is 1. The van der Waals surface area contributed by atoms with Gasteiger partial charge in [0.05, 0.1) is 0 Å². The topological polar surface area (TPSA) is 17.1 Å². The fourth-order valence-corrected chi connectivity index (χ4v) is 1.32. The second-order valence-corrected chi connectivity index (χ2v) is 3.50. The zero-order valence-corrected chi connectivity index (χ0v) is 9.12. The van der Waals surface area contributed by atoms with Gasteiger partial charge >= 0.3 is 0 Å². The molecule has 1 aromatic rings. The van der Waals surface area contributed by atoms with E-state index in [2.05, 4.69) is 18.8 Å². The molecule has 0 spiro atoms. The number of benzene rings is 1. The lowest BCUT2D eigenvalue weighted by atomic mass is 10.1. The van der Waals surface area contributed by atoms with Gasteiger partial charge in [-0.05, 0) is 18.6 Å². The van der Waals surface area contributed by atoms with Gasteiger partial charge in [-0.15, -0.1) is 0 Å². The molecule has 1 aromatic carbocycles. The van der Waals surface area contributed by atoms with Crippen LogP contribution >= 0.6 is 0 Å². The second-order valence-electron chi connectivity index (χ2n) is 3.50. The molecule has 0 aliphatic rings. The van der Waals surface area contributed by atoms with Gasteiger partial charge in [-0.25, -0.2) is 0 Å². The lowest BCUT2D eigenvalue weighted by Gasteiger charge is -1.92. The van der Waals surface area contributed by atoms with E-state index in [9.17, 15) is 4.79 Å². The van der Waals surface area contributed by atoms with Crippen molar-refractivity contribution in [2.45, 2.75) is 32.6 Å². The molecule has 0 aromatic heterocycles. The molecule has 0 saturated heterocycles. The quantitative estimate of drug-likeness (QED) is 0.413. The molecule has 0 unspecified atom stereocenters. The van der Waals surface area contributed by atoms with Crippen LogP contribution in [0.15, 0.2) is 24.3 Å². The van der Waals surface area contributed by atoms with Gasteiger partial charge in [0.2, 0.25) is 0 Å². The van der Waals surface area contributed by atoms with E-state index in [1.807, 2.05) is 18.2 Å². The highest BCUT2D eigenvalue weighted by Crippen LogP contribution is 2.02. The molecule has 0 saturated carbocycles. The van der Waals surface area contributed by atoms with Gasteiger partial charge in [0.25, 0.3) is 0 Å². The average molecular weight is 200 g/mol. The largest absolute Gasteiger partial charge is 0.298 e. The molecule has 78 valence electrons. The van der Waals surface area contributed by atoms with Crippen LogP contribution in [0, 0.1) is 11.8 Å². The van der Waals surface area contributed by atoms with E-state index in [1.54, 1.807) is 6.07 Å². The number of rotatable bonds is 4. The molecule has 0 radical (unpaired) electrons. The molecule has 0 fully saturated rings. The van der Waals surface area contributed by atoms with Crippen molar-refractivity contribution in [3.8, 4) is 11.8 Å². The summed E-state index contributed by atoms with van der Waals surface area (Å²) in [5.41, 5.74) is 1.62. The van der Waals surface area contributed by atoms with Crippen LogP contribution in [0.1, 0.15) is 48.5 Å². The molecule has 0 aliphatic heterocycles. The van der Waals surface area contributed by atoms with E-state index < -0.39 is 0 Å². The lowest BCUT2D eigenvalue weighted by Crippen LogP contribution is -1.81. The van der Waals surface area contributed by atoms with Crippen molar-refractivity contribution in [2.75, 3.05) is 0 Å². The molecule has 0 heterocycles. The Morgan fingerprint density at radius 3 is 2.93 bits per heavy atom. The first-order chi connectivity index (χ1) is 7.36. The molecule has 1 rings (SSSR count). The van der Waals surface area contributed by atoms with E-state index in [1.165, 1.54) is 12.8 Å². The van der Waals surface area contributed by atoms with Gasteiger partial charge in [0.15, 0.2) is 0 Å². The molecule has 0 bridgehead atoms. The summed E-state index contributed by atoms with van der Waals surface area (Å²) in [7, 11) is 0. The molecule has 0 atom stereocenters. The van der Waals surface area contributed by atoms with Crippen molar-refractivity contribution in [3.05, 3.63) is 35.4 Å². The molecular weight excluding hydrogens is 184 g/mol. The fourth-order valence-electron chi connectivity index (χ4n) is 1.32. The van der Waals surface area contributed by atoms with Crippen LogP contribution in [0.4, 0.5) is 0 Å². The highest BCUT2D eigenvalue weighted by molar-refractivity contribution is 5.75. The van der Waals surface area contributed by atoms with Crippen LogP contribution in [0.5, 0.6) is 0 Å². The van der Waals surface area contributed by atoms with E-state index in [0.717, 1.165) is 24.7 Å². The predicted molar refractivity (Wildman–Crippen MR) is 62.8 cm³/mol. The summed E-state index contributed by atoms with van der Waals surface area (Å²) >= 11 is 0. The van der Waals surface area contributed by atoms with Gasteiger partial charge in [0, 0.05) is 17.5 Å². The lowest BCUT2D eigenvalue weighted by molar-refractivity contribution is 0.112. The SMILES string of the molecule is CCCCCC#Cc1cccc(C=O)c1. The Balaban J connectivity index is 2.51. The van der Waals surface area contributed by atoms with Gasteiger partial charge in [0.1, 0.15) is 6.29 Å². The smallest absolute Gasteiger partial charge is 0.150 e. The van der Waals surface area contributed by atoms with Crippen LogP contribution in [-0.2, 0) is 0 Å². The Hall–Kier alpha value is -1.55. The highest BCUT2D eigenvalue weighted by atomic mass is 16.1. The first-order valence-corrected chi connectivity index (χ1v) is 5.41. The van der Waals surface area contributed by atoms with Crippen LogP contribution in [0.3, 0.4) is 0 Å². The summed E-state index contributed by atoms with van der Waals surface area (Å²) in [6, 6.07) is 7.40. The van der Waals surface area contributed by atoms with Crippen LogP contribution in [0.2, 0.25) is 0 Å². The van der Waals surface area contributed by atoms with Crippen molar-refractivity contribution < 1.29 is 4.79 Å². The monoisotopic (exact) mass is 200 g/mol. The first-order valence-electron chi connectivity index (χ1n) is 5.41. The molecule has 15 heavy (non-hydrogen) atoms. The minimum Gasteiger partial charge on any atom is -0.298 e. The Morgan fingerprint density at radius 1 is 1.33 bits per heavy atom. The van der Waals surface area contributed by atoms with E-state index >= 15 is 0 Å². The zero-order chi connectivity index (χ0) is 10.9. The van der Waals surface area contributed by atoms with Crippen molar-refractivity contribution in [1.29, 1.82) is 0 Å². The first kappa shape index (κ1) is 11.5. The minimum absolute atomic E-state index is 0.690. The summed E-state index contributed by atoms with van der Waals surface area (Å²) < 4.78 is 0. The maximum atomic E-state index is 10.5. The van der Waals surface area contributed by atoms with Gasteiger partial charge < -0.3 is 0 Å². The number of aldehydes is 1. The summed E-state index contributed by atoms with van der Waals surface area (Å²) in [5.74, 6) is 6.19. The third kappa shape index (κ3) is 4.46. The second kappa shape index (κ2) is 6.84. The molecule has 1 heteroatoms. The minimum atomic E-state index is 0.690. The van der Waals surface area contributed by atoms with E-state index in [0.29, 0.717) is 5.56 Å². The molecule has 0 amide bonds. The summed E-state index contributed by atoms with van der Waals surface area (Å²) in [6.07, 6.45) is 5.42. The van der Waals surface area contributed by atoms with Crippen LogP contribution < -0.4 is 0 Å². The van der Waals surface area contributed by atoms with Crippen molar-refractivity contribution >= 4 is 6.29 Å². The fraction of sp³-hybridized carbons (Fsp3) is 0.357. The molecule has 1 nitrogen and oxygen atoms in total. The number of carbonyl (C=O) groups excluding carboxylic acids is 1. The Labute approximate surface area is 91.5 Å². The summed E-state index contributed by atoms with van der Waals surface area (Å²) in [4.78, 5) is 10.5. The Bertz CT molecular complexity index is 368. The molecule has 0 aliphatic carbocycles. The number of carbonyl (C=O) groups is 1. The van der Waals surface area contributed by atoms with Gasteiger partial charge in [-0.2, -0.15) is 0 Å². The Morgan fingerprint density at radius 2 is 2.20 bits per heavy atom. The molecular formula is C14H16O. The third-order valence-electron chi connectivity index (χ3n) is 2.16. The van der Waals surface area contributed by atoms with Crippen molar-refractivity contribution in [2.24, 2.45) is 0 Å². The maximum absolute atomic E-state index is 10.5. The third-order valence-corrected chi connectivity index (χ3v) is 2.16. The van der Waals surface area contributed by atoms with Gasteiger partial charge in [-0.1, -0.05) is 43.7 Å². The maximum Gasteiger partial charge on any atom is 0.150 e. The highest BCUT2D eigenvalue weighted by Gasteiger charge is 1.90. The number of unbranched alkanes of at least 4 members (excludes halogenated alkanes) is 3. The van der Waals surface area contributed by atoms with E-state index in [4.69, 9.17) is 0 Å². The standard InChI is InChI=1S/C14H16O/c1-2-3-4-5-6-8-13-9-7-10-14(11-13)12-15/h7,9-12H,2-5H2,1H3. The van der Waals surface area contributed by atoms with E-state index in [-0.39, 0.29) is 0 Å². The Kier molecular flexibility index (Phi) is 5.25. The molecule has 0 N–H and O–H groups in total. The van der Waals surface area contributed by atoms with Crippen LogP contribution in [-0.4, -0.2) is 6.29 Å². The van der Waals surface area contributed by atoms with Crippen LogP contribution in [0.25, 0.3) is 0 Å². The van der Waals surface area contributed by atoms with Crippen molar-refractivity contribution in [1.82, 2.24) is 0 Å². The zero-order valence-electron chi connectivity index (χ0n) is 9.12. The predicted octanol–water partition coefficient (Wildman–Crippen LogP) is 3.43.